The van der Waals surface area contributed by atoms with Crippen LogP contribution in [0.4, 0.5) is 8.78 Å². The molecule has 0 saturated carbocycles. The fourth-order valence-electron chi connectivity index (χ4n) is 3.04. The minimum absolute atomic E-state index is 0.121. The second-order valence-corrected chi connectivity index (χ2v) is 8.04. The number of rotatable bonds is 8. The van der Waals surface area contributed by atoms with Crippen molar-refractivity contribution in [3.05, 3.63) is 85.3 Å². The van der Waals surface area contributed by atoms with Gasteiger partial charge in [0.15, 0.2) is 0 Å². The Morgan fingerprint density at radius 1 is 1.27 bits per heavy atom. The lowest BCUT2D eigenvalue weighted by molar-refractivity contribution is 0.0760. The molecule has 0 aliphatic carbocycles. The lowest BCUT2D eigenvalue weighted by Crippen LogP contribution is -2.30. The number of hydrogen-bond donors (Lipinski definition) is 2. The van der Waals surface area contributed by atoms with Crippen LogP contribution in [-0.2, 0) is 13.0 Å². The number of aromatic nitrogens is 3. The number of nitrogens with one attached hydrogen (secondary N) is 1. The summed E-state index contributed by atoms with van der Waals surface area (Å²) in [5, 5.41) is 8.97. The Balaban J connectivity index is 1.86. The molecule has 174 valence electrons. The van der Waals surface area contributed by atoms with E-state index in [0.717, 1.165) is 12.1 Å². The molecule has 0 bridgehead atoms. The number of aromatic amines is 1. The van der Waals surface area contributed by atoms with Crippen molar-refractivity contribution >= 4 is 21.8 Å². The van der Waals surface area contributed by atoms with Gasteiger partial charge >= 0.3 is 0 Å². The van der Waals surface area contributed by atoms with Crippen molar-refractivity contribution in [1.29, 1.82) is 0 Å². The molecule has 3 aromatic rings. The number of benzene rings is 1. The summed E-state index contributed by atoms with van der Waals surface area (Å²) < 4.78 is 33.1. The van der Waals surface area contributed by atoms with Crippen LogP contribution >= 0.6 is 15.9 Å². The second kappa shape index (κ2) is 10.6. The molecule has 8 nitrogen and oxygen atoms in total. The zero-order valence-electron chi connectivity index (χ0n) is 17.9. The first-order chi connectivity index (χ1) is 15.7. The largest absolute Gasteiger partial charge is 0.487 e. The highest BCUT2D eigenvalue weighted by atomic mass is 79.9. The Morgan fingerprint density at radius 2 is 2.03 bits per heavy atom. The summed E-state index contributed by atoms with van der Waals surface area (Å²) in [5.74, 6) is -1.64. The third-order valence-corrected chi connectivity index (χ3v) is 5.60. The van der Waals surface area contributed by atoms with E-state index in [9.17, 15) is 18.4 Å². The van der Waals surface area contributed by atoms with Gasteiger partial charge < -0.3 is 19.7 Å². The molecular weight excluding hydrogens is 502 g/mol. The van der Waals surface area contributed by atoms with Gasteiger partial charge in [0.2, 0.25) is 0 Å². The lowest BCUT2D eigenvalue weighted by Gasteiger charge is -2.16. The Labute approximate surface area is 196 Å². The number of likely N-dealkylation sites (N-methyl/N-ethyl adjacent to an activating group) is 1. The van der Waals surface area contributed by atoms with Gasteiger partial charge in [-0.2, -0.15) is 0 Å². The Hall–Kier alpha value is -3.18. The molecule has 0 aliphatic heterocycles. The summed E-state index contributed by atoms with van der Waals surface area (Å²) in [6, 6.07) is 3.15. The fourth-order valence-corrected chi connectivity index (χ4v) is 3.50. The summed E-state index contributed by atoms with van der Waals surface area (Å²) in [6.45, 7) is 1.46. The zero-order valence-corrected chi connectivity index (χ0v) is 19.4. The number of H-pyrrole nitrogens is 1. The number of aliphatic hydroxyl groups is 1. The third-order valence-electron chi connectivity index (χ3n) is 4.88. The van der Waals surface area contributed by atoms with Crippen LogP contribution in [0.3, 0.4) is 0 Å². The molecule has 11 heteroatoms. The number of nitrogens with zero attached hydrogens (tertiary/aromatic N) is 3. The number of hydrogen-bond acceptors (Lipinski definition) is 6. The molecule has 0 unspecified atom stereocenters. The second-order valence-electron chi connectivity index (χ2n) is 7.25. The van der Waals surface area contributed by atoms with Gasteiger partial charge in [0.1, 0.15) is 34.2 Å². The van der Waals surface area contributed by atoms with Crippen LogP contribution in [0.15, 0.2) is 39.9 Å². The van der Waals surface area contributed by atoms with E-state index in [1.54, 1.807) is 14.0 Å². The van der Waals surface area contributed by atoms with E-state index < -0.39 is 17.2 Å². The van der Waals surface area contributed by atoms with Crippen molar-refractivity contribution in [2.45, 2.75) is 20.0 Å². The summed E-state index contributed by atoms with van der Waals surface area (Å²) in [7, 11) is 1.54. The van der Waals surface area contributed by atoms with Crippen molar-refractivity contribution in [3.63, 3.8) is 0 Å². The third kappa shape index (κ3) is 5.79. The first kappa shape index (κ1) is 24.5. The van der Waals surface area contributed by atoms with Crippen LogP contribution in [0.5, 0.6) is 5.75 Å². The van der Waals surface area contributed by atoms with Crippen LogP contribution in [0.2, 0.25) is 0 Å². The van der Waals surface area contributed by atoms with Crippen molar-refractivity contribution in [3.8, 4) is 5.75 Å². The van der Waals surface area contributed by atoms with E-state index in [0.29, 0.717) is 17.0 Å². The molecule has 2 N–H and O–H groups in total. The summed E-state index contributed by atoms with van der Waals surface area (Å²) in [4.78, 5) is 36.9. The molecular formula is C22H21BrF2N4O4. The molecule has 0 radical (unpaired) electrons. The van der Waals surface area contributed by atoms with E-state index in [1.165, 1.54) is 23.4 Å². The quantitative estimate of drug-likeness (QED) is 0.470. The minimum Gasteiger partial charge on any atom is -0.487 e. The van der Waals surface area contributed by atoms with Crippen molar-refractivity contribution < 1.29 is 23.4 Å². The van der Waals surface area contributed by atoms with Crippen molar-refractivity contribution in [2.75, 3.05) is 20.2 Å². The SMILES string of the molecule is Cc1[nH]c(=O)c(Br)c(OCc2ccc(F)cc2F)c1Cc1cnc(C(=O)N(C)CCO)cn1. The van der Waals surface area contributed by atoms with Crippen molar-refractivity contribution in [1.82, 2.24) is 19.9 Å². The molecule has 0 atom stereocenters. The normalized spacial score (nSPS) is 10.8. The molecule has 3 rings (SSSR count). The van der Waals surface area contributed by atoms with Crippen molar-refractivity contribution in [2.24, 2.45) is 0 Å². The molecule has 2 heterocycles. The average molecular weight is 523 g/mol. The number of aryl methyl sites for hydroxylation is 1. The van der Waals surface area contributed by atoms with Gasteiger partial charge in [-0.05, 0) is 35.0 Å². The number of carbonyl (C=O) groups excluding carboxylic acids is 1. The number of aliphatic hydroxyl groups excluding tert-OH is 1. The summed E-state index contributed by atoms with van der Waals surface area (Å²) in [6.07, 6.45) is 2.97. The molecule has 2 aromatic heterocycles. The Bertz CT molecular complexity index is 1220. The zero-order chi connectivity index (χ0) is 24.1. The number of halogens is 3. The maximum absolute atomic E-state index is 14.0. The van der Waals surface area contributed by atoms with E-state index in [-0.39, 0.29) is 53.6 Å². The maximum Gasteiger partial charge on any atom is 0.273 e. The van der Waals surface area contributed by atoms with E-state index in [1.807, 2.05) is 0 Å². The fraction of sp³-hybridized carbons (Fsp3) is 0.273. The minimum atomic E-state index is -0.758. The summed E-state index contributed by atoms with van der Waals surface area (Å²) >= 11 is 3.21. The molecule has 1 amide bonds. The van der Waals surface area contributed by atoms with Gasteiger partial charge in [0, 0.05) is 49.1 Å². The van der Waals surface area contributed by atoms with Crippen LogP contribution in [0.1, 0.15) is 33.0 Å². The highest BCUT2D eigenvalue weighted by Crippen LogP contribution is 2.30. The topological polar surface area (TPSA) is 108 Å². The molecule has 0 saturated heterocycles. The van der Waals surface area contributed by atoms with Gasteiger partial charge in [-0.25, -0.2) is 13.8 Å². The highest BCUT2D eigenvalue weighted by molar-refractivity contribution is 9.10. The molecule has 0 aliphatic rings. The van der Waals surface area contributed by atoms with E-state index in [2.05, 4.69) is 30.9 Å². The van der Waals surface area contributed by atoms with Gasteiger partial charge in [-0.1, -0.05) is 0 Å². The first-order valence-electron chi connectivity index (χ1n) is 9.86. The standard InChI is InChI=1S/C22H21BrF2N4O4/c1-12-16(8-15-9-27-18(10-26-15)22(32)29(2)5-6-30)20(19(23)21(31)28-12)33-11-13-3-4-14(24)7-17(13)25/h3-4,7,9-10,30H,5-6,8,11H2,1-2H3,(H,28,31). The molecule has 0 fully saturated rings. The van der Waals surface area contributed by atoms with Crippen LogP contribution in [-0.4, -0.2) is 51.1 Å². The van der Waals surface area contributed by atoms with Crippen LogP contribution in [0, 0.1) is 18.6 Å². The number of amides is 1. The highest BCUT2D eigenvalue weighted by Gasteiger charge is 2.19. The van der Waals surface area contributed by atoms with E-state index >= 15 is 0 Å². The van der Waals surface area contributed by atoms with Gasteiger partial charge in [-0.3, -0.25) is 14.6 Å². The average Bonchev–Trinajstić information content (AvgIpc) is 2.78. The molecule has 0 spiro atoms. The number of pyridine rings is 1. The maximum atomic E-state index is 14.0. The number of ether oxygens (including phenoxy) is 1. The molecule has 33 heavy (non-hydrogen) atoms. The monoisotopic (exact) mass is 522 g/mol. The Morgan fingerprint density at radius 3 is 2.67 bits per heavy atom. The Kier molecular flexibility index (Phi) is 7.88. The van der Waals surface area contributed by atoms with Gasteiger partial charge in [-0.15, -0.1) is 0 Å². The van der Waals surface area contributed by atoms with Crippen LogP contribution in [0.25, 0.3) is 0 Å². The lowest BCUT2D eigenvalue weighted by atomic mass is 10.1. The smallest absolute Gasteiger partial charge is 0.273 e. The predicted octanol–water partition coefficient (Wildman–Crippen LogP) is 2.75. The molecule has 1 aromatic carbocycles. The van der Waals surface area contributed by atoms with Gasteiger partial charge in [0.25, 0.3) is 11.5 Å². The van der Waals surface area contributed by atoms with Crippen LogP contribution < -0.4 is 10.3 Å². The van der Waals surface area contributed by atoms with Gasteiger partial charge in [0.05, 0.1) is 18.5 Å². The number of carbonyl (C=O) groups is 1. The summed E-state index contributed by atoms with van der Waals surface area (Å²) in [5.41, 5.74) is 1.41. The predicted molar refractivity (Wildman–Crippen MR) is 119 cm³/mol. The first-order valence-corrected chi connectivity index (χ1v) is 10.7. The van der Waals surface area contributed by atoms with E-state index in [4.69, 9.17) is 9.84 Å².